The molecule has 4 nitrogen and oxygen atoms in total. The van der Waals surface area contributed by atoms with Gasteiger partial charge in [-0.2, -0.15) is 0 Å². The number of benzene rings is 1. The first-order valence-corrected chi connectivity index (χ1v) is 6.01. The lowest BCUT2D eigenvalue weighted by Gasteiger charge is -2.26. The average molecular weight is 263 g/mol. The van der Waals surface area contributed by atoms with Crippen molar-refractivity contribution in [1.82, 2.24) is 9.97 Å². The highest BCUT2D eigenvalue weighted by molar-refractivity contribution is 6.30. The van der Waals surface area contributed by atoms with Gasteiger partial charge in [-0.15, -0.1) is 0 Å². The number of halogens is 1. The second-order valence-corrected chi connectivity index (χ2v) is 4.58. The normalized spacial score (nSPS) is 12.2. The molecule has 0 aliphatic carbocycles. The van der Waals surface area contributed by atoms with Crippen molar-refractivity contribution in [2.75, 3.05) is 17.7 Å². The van der Waals surface area contributed by atoms with Gasteiger partial charge >= 0.3 is 0 Å². The molecular formula is C13H15ClN4. The van der Waals surface area contributed by atoms with E-state index in [1.165, 1.54) is 11.9 Å². The van der Waals surface area contributed by atoms with Crippen LogP contribution in [0.5, 0.6) is 0 Å². The molecule has 0 amide bonds. The molecule has 1 heterocycles. The summed E-state index contributed by atoms with van der Waals surface area (Å²) in [6, 6.07) is 9.72. The summed E-state index contributed by atoms with van der Waals surface area (Å²) in [7, 11) is 1.97. The Hall–Kier alpha value is -1.81. The zero-order valence-corrected chi connectivity index (χ0v) is 11.1. The van der Waals surface area contributed by atoms with Gasteiger partial charge in [0.25, 0.3) is 0 Å². The Balaban J connectivity index is 2.23. The maximum absolute atomic E-state index is 5.88. The van der Waals surface area contributed by atoms with E-state index in [1.807, 2.05) is 36.2 Å². The Labute approximate surface area is 111 Å². The van der Waals surface area contributed by atoms with E-state index in [0.29, 0.717) is 5.82 Å². The highest BCUT2D eigenvalue weighted by Crippen LogP contribution is 2.25. The molecule has 0 aliphatic rings. The fraction of sp³-hybridized carbons (Fsp3) is 0.231. The average Bonchev–Trinajstić information content (AvgIpc) is 2.38. The van der Waals surface area contributed by atoms with E-state index in [-0.39, 0.29) is 6.04 Å². The smallest absolute Gasteiger partial charge is 0.134 e. The highest BCUT2D eigenvalue weighted by Gasteiger charge is 2.13. The molecule has 0 fully saturated rings. The first-order valence-electron chi connectivity index (χ1n) is 5.64. The number of nitrogen functional groups attached to an aromatic ring is 1. The molecule has 0 spiro atoms. The Bertz CT molecular complexity index is 527. The van der Waals surface area contributed by atoms with E-state index in [4.69, 9.17) is 17.3 Å². The van der Waals surface area contributed by atoms with Gasteiger partial charge in [0, 0.05) is 18.1 Å². The Kier molecular flexibility index (Phi) is 3.67. The molecule has 0 aliphatic heterocycles. The molecule has 1 unspecified atom stereocenters. The predicted molar refractivity (Wildman–Crippen MR) is 74.7 cm³/mol. The van der Waals surface area contributed by atoms with Crippen molar-refractivity contribution in [3.63, 3.8) is 0 Å². The summed E-state index contributed by atoms with van der Waals surface area (Å²) in [5, 5.41) is 0.736. The number of nitrogens with zero attached hydrogens (tertiary/aromatic N) is 3. The van der Waals surface area contributed by atoms with Crippen LogP contribution in [-0.2, 0) is 0 Å². The van der Waals surface area contributed by atoms with Crippen molar-refractivity contribution in [3.05, 3.63) is 47.2 Å². The molecule has 2 rings (SSSR count). The van der Waals surface area contributed by atoms with Crippen molar-refractivity contribution in [3.8, 4) is 0 Å². The monoisotopic (exact) mass is 262 g/mol. The molecule has 1 atom stereocenters. The standard InChI is InChI=1S/C13H15ClN4/c1-9(10-3-5-11(14)6-4-10)18(2)13-7-12(15)16-8-17-13/h3-9H,1-2H3,(H2,15,16,17). The summed E-state index contributed by atoms with van der Waals surface area (Å²) in [5.41, 5.74) is 6.83. The summed E-state index contributed by atoms with van der Waals surface area (Å²) >= 11 is 5.88. The van der Waals surface area contributed by atoms with Crippen LogP contribution in [-0.4, -0.2) is 17.0 Å². The van der Waals surface area contributed by atoms with Gasteiger partial charge < -0.3 is 10.6 Å². The van der Waals surface area contributed by atoms with Crippen molar-refractivity contribution >= 4 is 23.2 Å². The van der Waals surface area contributed by atoms with Gasteiger partial charge in [0.1, 0.15) is 18.0 Å². The van der Waals surface area contributed by atoms with E-state index >= 15 is 0 Å². The zero-order chi connectivity index (χ0) is 13.1. The third-order valence-electron chi connectivity index (χ3n) is 2.97. The first-order chi connectivity index (χ1) is 8.58. The molecule has 94 valence electrons. The van der Waals surface area contributed by atoms with Crippen LogP contribution in [0.15, 0.2) is 36.7 Å². The summed E-state index contributed by atoms with van der Waals surface area (Å²) in [6.07, 6.45) is 1.47. The second kappa shape index (κ2) is 5.23. The maximum Gasteiger partial charge on any atom is 0.134 e. The van der Waals surface area contributed by atoms with E-state index < -0.39 is 0 Å². The molecule has 2 aromatic rings. The lowest BCUT2D eigenvalue weighted by Crippen LogP contribution is -2.22. The lowest BCUT2D eigenvalue weighted by molar-refractivity contribution is 0.727. The number of aromatic nitrogens is 2. The van der Waals surface area contributed by atoms with Gasteiger partial charge in [0.15, 0.2) is 0 Å². The SMILES string of the molecule is CC(c1ccc(Cl)cc1)N(C)c1cc(N)ncn1. The van der Waals surface area contributed by atoms with Gasteiger partial charge in [-0.25, -0.2) is 9.97 Å². The topological polar surface area (TPSA) is 55.0 Å². The molecule has 0 radical (unpaired) electrons. The molecular weight excluding hydrogens is 248 g/mol. The lowest BCUT2D eigenvalue weighted by atomic mass is 10.1. The molecule has 0 bridgehead atoms. The summed E-state index contributed by atoms with van der Waals surface area (Å²) < 4.78 is 0. The van der Waals surface area contributed by atoms with Gasteiger partial charge in [-0.05, 0) is 24.6 Å². The van der Waals surface area contributed by atoms with Crippen LogP contribution in [0.4, 0.5) is 11.6 Å². The molecule has 0 saturated heterocycles. The second-order valence-electron chi connectivity index (χ2n) is 4.14. The van der Waals surface area contributed by atoms with E-state index in [9.17, 15) is 0 Å². The van der Waals surface area contributed by atoms with Crippen molar-refractivity contribution in [1.29, 1.82) is 0 Å². The Morgan fingerprint density at radius 1 is 1.22 bits per heavy atom. The predicted octanol–water partition coefficient (Wildman–Crippen LogP) is 2.91. The Morgan fingerprint density at radius 3 is 2.50 bits per heavy atom. The highest BCUT2D eigenvalue weighted by atomic mass is 35.5. The molecule has 2 N–H and O–H groups in total. The van der Waals surface area contributed by atoms with Gasteiger partial charge in [0.2, 0.25) is 0 Å². The third-order valence-corrected chi connectivity index (χ3v) is 3.22. The van der Waals surface area contributed by atoms with E-state index in [0.717, 1.165) is 10.8 Å². The number of hydrogen-bond donors (Lipinski definition) is 1. The van der Waals surface area contributed by atoms with Crippen LogP contribution < -0.4 is 10.6 Å². The fourth-order valence-electron chi connectivity index (χ4n) is 1.72. The van der Waals surface area contributed by atoms with Crippen LogP contribution >= 0.6 is 11.6 Å². The number of rotatable bonds is 3. The van der Waals surface area contributed by atoms with Crippen LogP contribution in [0, 0.1) is 0 Å². The van der Waals surface area contributed by atoms with Crippen molar-refractivity contribution in [2.24, 2.45) is 0 Å². The van der Waals surface area contributed by atoms with Crippen molar-refractivity contribution < 1.29 is 0 Å². The van der Waals surface area contributed by atoms with Gasteiger partial charge in [-0.1, -0.05) is 23.7 Å². The van der Waals surface area contributed by atoms with Crippen LogP contribution in [0.1, 0.15) is 18.5 Å². The Morgan fingerprint density at radius 2 is 1.89 bits per heavy atom. The summed E-state index contributed by atoms with van der Waals surface area (Å²) in [6.45, 7) is 2.10. The third kappa shape index (κ3) is 2.71. The van der Waals surface area contributed by atoms with Crippen LogP contribution in [0.3, 0.4) is 0 Å². The molecule has 1 aromatic heterocycles. The summed E-state index contributed by atoms with van der Waals surface area (Å²) in [5.74, 6) is 1.26. The molecule has 1 aromatic carbocycles. The van der Waals surface area contributed by atoms with E-state index in [1.54, 1.807) is 6.07 Å². The minimum Gasteiger partial charge on any atom is -0.384 e. The van der Waals surface area contributed by atoms with Crippen molar-refractivity contribution in [2.45, 2.75) is 13.0 Å². The summed E-state index contributed by atoms with van der Waals surface area (Å²) in [4.78, 5) is 10.1. The maximum atomic E-state index is 5.88. The van der Waals surface area contributed by atoms with Gasteiger partial charge in [-0.3, -0.25) is 0 Å². The molecule has 5 heteroatoms. The number of hydrogen-bond acceptors (Lipinski definition) is 4. The number of nitrogens with two attached hydrogens (primary N) is 1. The van der Waals surface area contributed by atoms with Crippen LogP contribution in [0.2, 0.25) is 5.02 Å². The molecule has 18 heavy (non-hydrogen) atoms. The van der Waals surface area contributed by atoms with Gasteiger partial charge in [0.05, 0.1) is 6.04 Å². The quantitative estimate of drug-likeness (QED) is 0.924. The van der Waals surface area contributed by atoms with E-state index in [2.05, 4.69) is 16.9 Å². The minimum absolute atomic E-state index is 0.177. The largest absolute Gasteiger partial charge is 0.384 e. The fourth-order valence-corrected chi connectivity index (χ4v) is 1.84. The minimum atomic E-state index is 0.177. The van der Waals surface area contributed by atoms with Crippen LogP contribution in [0.25, 0.3) is 0 Å². The first kappa shape index (κ1) is 12.6. The zero-order valence-electron chi connectivity index (χ0n) is 10.3. The number of anilines is 2. The molecule has 0 saturated carbocycles.